The first-order valence-corrected chi connectivity index (χ1v) is 6.60. The van der Waals surface area contributed by atoms with Crippen LogP contribution in [0.2, 0.25) is 0 Å². The highest BCUT2D eigenvalue weighted by Gasteiger charge is 2.34. The van der Waals surface area contributed by atoms with E-state index in [1.165, 1.54) is 7.11 Å². The first-order chi connectivity index (χ1) is 9.46. The van der Waals surface area contributed by atoms with Crippen LogP contribution in [0.25, 0.3) is 0 Å². The monoisotopic (exact) mass is 279 g/mol. The number of hydrogen-bond acceptors (Lipinski definition) is 4. The van der Waals surface area contributed by atoms with E-state index in [0.29, 0.717) is 24.3 Å². The van der Waals surface area contributed by atoms with Crippen LogP contribution in [0.1, 0.15) is 37.6 Å². The van der Waals surface area contributed by atoms with Gasteiger partial charge in [0.25, 0.3) is 5.91 Å². The van der Waals surface area contributed by atoms with Crippen LogP contribution in [0.15, 0.2) is 24.3 Å². The highest BCUT2D eigenvalue weighted by Crippen LogP contribution is 2.15. The number of nitrogens with one attached hydrogen (secondary N) is 1. The molecule has 20 heavy (non-hydrogen) atoms. The van der Waals surface area contributed by atoms with Gasteiger partial charge >= 0.3 is 5.97 Å². The van der Waals surface area contributed by atoms with Crippen LogP contribution in [-0.2, 0) is 9.53 Å². The summed E-state index contributed by atoms with van der Waals surface area (Å²) in [7, 11) is 1.30. The second kappa shape index (κ2) is 6.93. The average molecular weight is 279 g/mol. The Labute approximate surface area is 119 Å². The molecule has 5 nitrogen and oxygen atoms in total. The molecule has 0 aliphatic carbocycles. The van der Waals surface area contributed by atoms with Crippen molar-refractivity contribution in [1.82, 2.24) is 5.32 Å². The van der Waals surface area contributed by atoms with Crippen LogP contribution < -0.4 is 10.1 Å². The lowest BCUT2D eigenvalue weighted by Crippen LogP contribution is -2.52. The van der Waals surface area contributed by atoms with E-state index < -0.39 is 11.5 Å². The van der Waals surface area contributed by atoms with Crippen LogP contribution >= 0.6 is 0 Å². The lowest BCUT2D eigenvalue weighted by molar-refractivity contribution is -0.147. The van der Waals surface area contributed by atoms with Gasteiger partial charge in [0.15, 0.2) is 0 Å². The van der Waals surface area contributed by atoms with Crippen molar-refractivity contribution < 1.29 is 19.1 Å². The van der Waals surface area contributed by atoms with E-state index >= 15 is 0 Å². The molecule has 0 saturated heterocycles. The Balaban J connectivity index is 2.82. The maximum absolute atomic E-state index is 12.1. The fraction of sp³-hybridized carbons (Fsp3) is 0.467. The molecule has 0 aliphatic heterocycles. The number of benzene rings is 1. The van der Waals surface area contributed by atoms with Crippen LogP contribution in [-0.4, -0.2) is 31.1 Å². The van der Waals surface area contributed by atoms with Crippen molar-refractivity contribution in [2.24, 2.45) is 0 Å². The van der Waals surface area contributed by atoms with E-state index in [9.17, 15) is 9.59 Å². The molecule has 1 amide bonds. The van der Waals surface area contributed by atoms with Crippen LogP contribution in [0.4, 0.5) is 0 Å². The van der Waals surface area contributed by atoms with Gasteiger partial charge in [0.05, 0.1) is 13.7 Å². The summed E-state index contributed by atoms with van der Waals surface area (Å²) in [6, 6.07) is 6.76. The maximum Gasteiger partial charge on any atom is 0.331 e. The summed E-state index contributed by atoms with van der Waals surface area (Å²) in [6.45, 7) is 5.92. The Bertz CT molecular complexity index is 469. The molecule has 1 N–H and O–H groups in total. The smallest absolute Gasteiger partial charge is 0.331 e. The van der Waals surface area contributed by atoms with E-state index in [1.807, 2.05) is 13.8 Å². The maximum atomic E-state index is 12.1. The Morgan fingerprint density at radius 3 is 2.25 bits per heavy atom. The number of ether oxygens (including phenoxy) is 2. The third-order valence-corrected chi connectivity index (χ3v) is 3.16. The molecule has 5 heteroatoms. The molecule has 1 aromatic rings. The van der Waals surface area contributed by atoms with Crippen molar-refractivity contribution in [2.45, 2.75) is 32.7 Å². The van der Waals surface area contributed by atoms with E-state index in [2.05, 4.69) is 5.32 Å². The minimum absolute atomic E-state index is 0.317. The van der Waals surface area contributed by atoms with Crippen LogP contribution in [0, 0.1) is 0 Å². The summed E-state index contributed by atoms with van der Waals surface area (Å²) in [4.78, 5) is 23.9. The summed E-state index contributed by atoms with van der Waals surface area (Å²) in [5.41, 5.74) is -0.554. The van der Waals surface area contributed by atoms with E-state index in [0.717, 1.165) is 0 Å². The van der Waals surface area contributed by atoms with E-state index in [1.54, 1.807) is 31.2 Å². The highest BCUT2D eigenvalue weighted by atomic mass is 16.5. The minimum Gasteiger partial charge on any atom is -0.494 e. The second-order valence-electron chi connectivity index (χ2n) is 4.59. The zero-order valence-electron chi connectivity index (χ0n) is 12.4. The van der Waals surface area contributed by atoms with Gasteiger partial charge in [-0.3, -0.25) is 4.79 Å². The molecule has 110 valence electrons. The minimum atomic E-state index is -1.02. The summed E-state index contributed by atoms with van der Waals surface area (Å²) in [5.74, 6) is -0.0719. The zero-order chi connectivity index (χ0) is 15.2. The van der Waals surface area contributed by atoms with Gasteiger partial charge in [-0.1, -0.05) is 6.92 Å². The number of rotatable bonds is 6. The molecule has 1 aromatic carbocycles. The Morgan fingerprint density at radius 2 is 1.80 bits per heavy atom. The Hall–Kier alpha value is -2.04. The van der Waals surface area contributed by atoms with Gasteiger partial charge in [0, 0.05) is 5.56 Å². The largest absolute Gasteiger partial charge is 0.494 e. The lowest BCUT2D eigenvalue weighted by atomic mass is 9.98. The fourth-order valence-electron chi connectivity index (χ4n) is 1.70. The van der Waals surface area contributed by atoms with Gasteiger partial charge in [-0.05, 0) is 44.5 Å². The zero-order valence-corrected chi connectivity index (χ0v) is 12.4. The number of hydrogen-bond donors (Lipinski definition) is 1. The quantitative estimate of drug-likeness (QED) is 0.810. The predicted octanol–water partition coefficient (Wildman–Crippen LogP) is 2.16. The number of esters is 1. The molecular formula is C15H21NO4. The Morgan fingerprint density at radius 1 is 1.20 bits per heavy atom. The second-order valence-corrected chi connectivity index (χ2v) is 4.59. The molecule has 1 atom stereocenters. The Kier molecular flexibility index (Phi) is 5.55. The molecule has 0 saturated carbocycles. The molecule has 0 radical (unpaired) electrons. The first kappa shape index (κ1) is 16.0. The number of methoxy groups -OCH3 is 1. The van der Waals surface area contributed by atoms with Gasteiger partial charge in [-0.15, -0.1) is 0 Å². The molecule has 0 spiro atoms. The molecule has 1 unspecified atom stereocenters. The number of carbonyl (C=O) groups is 2. The van der Waals surface area contributed by atoms with Crippen molar-refractivity contribution in [3.8, 4) is 5.75 Å². The number of amides is 1. The molecule has 0 heterocycles. The van der Waals surface area contributed by atoms with Crippen molar-refractivity contribution >= 4 is 11.9 Å². The summed E-state index contributed by atoms with van der Waals surface area (Å²) in [5, 5.41) is 2.71. The van der Waals surface area contributed by atoms with Gasteiger partial charge in [-0.25, -0.2) is 4.79 Å². The topological polar surface area (TPSA) is 64.6 Å². The average Bonchev–Trinajstić information content (AvgIpc) is 2.47. The molecule has 0 fully saturated rings. The summed E-state index contributed by atoms with van der Waals surface area (Å²) >= 11 is 0. The number of carbonyl (C=O) groups excluding carboxylic acids is 2. The standard InChI is InChI=1S/C15H21NO4/c1-5-15(3,14(18)19-4)16-13(17)11-7-9-12(10-8-11)20-6-2/h7-10H,5-6H2,1-4H3,(H,16,17). The van der Waals surface area contributed by atoms with Crippen molar-refractivity contribution in [1.29, 1.82) is 0 Å². The first-order valence-electron chi connectivity index (χ1n) is 6.60. The van der Waals surface area contributed by atoms with Crippen molar-refractivity contribution in [2.75, 3.05) is 13.7 Å². The van der Waals surface area contributed by atoms with Gasteiger partial charge in [0.1, 0.15) is 11.3 Å². The van der Waals surface area contributed by atoms with Crippen molar-refractivity contribution in [3.63, 3.8) is 0 Å². The molecule has 0 bridgehead atoms. The normalized spacial score (nSPS) is 13.2. The molecule has 0 aliphatic rings. The third-order valence-electron chi connectivity index (χ3n) is 3.16. The van der Waals surface area contributed by atoms with E-state index in [4.69, 9.17) is 9.47 Å². The fourth-order valence-corrected chi connectivity index (χ4v) is 1.70. The SMILES string of the molecule is CCOc1ccc(C(=O)NC(C)(CC)C(=O)OC)cc1. The van der Waals surface area contributed by atoms with Gasteiger partial charge in [0.2, 0.25) is 0 Å². The molecule has 0 aromatic heterocycles. The molecular weight excluding hydrogens is 258 g/mol. The van der Waals surface area contributed by atoms with Crippen LogP contribution in [0.3, 0.4) is 0 Å². The third kappa shape index (κ3) is 3.73. The van der Waals surface area contributed by atoms with Crippen molar-refractivity contribution in [3.05, 3.63) is 29.8 Å². The van der Waals surface area contributed by atoms with E-state index in [-0.39, 0.29) is 5.91 Å². The van der Waals surface area contributed by atoms with Gasteiger partial charge < -0.3 is 14.8 Å². The summed E-state index contributed by atoms with van der Waals surface area (Å²) < 4.78 is 10.0. The summed E-state index contributed by atoms with van der Waals surface area (Å²) in [6.07, 6.45) is 0.447. The molecule has 1 rings (SSSR count). The highest BCUT2D eigenvalue weighted by molar-refractivity contribution is 5.98. The van der Waals surface area contributed by atoms with Crippen LogP contribution in [0.5, 0.6) is 5.75 Å². The predicted molar refractivity (Wildman–Crippen MR) is 75.8 cm³/mol. The van der Waals surface area contributed by atoms with Gasteiger partial charge in [-0.2, -0.15) is 0 Å². The lowest BCUT2D eigenvalue weighted by Gasteiger charge is -2.26.